The minimum Gasteiger partial charge on any atom is -0.370 e. The number of benzene rings is 1. The summed E-state index contributed by atoms with van der Waals surface area (Å²) in [6.45, 7) is 4.08. The number of halogens is 3. The van der Waals surface area contributed by atoms with Gasteiger partial charge in [0.05, 0.1) is 6.04 Å². The van der Waals surface area contributed by atoms with Gasteiger partial charge in [-0.3, -0.25) is 0 Å². The monoisotopic (exact) mass is 421 g/mol. The Morgan fingerprint density at radius 1 is 1.23 bits per heavy atom. The number of piperidine rings is 1. The van der Waals surface area contributed by atoms with E-state index in [1.54, 1.807) is 0 Å². The first-order valence-electron chi connectivity index (χ1n) is 7.58. The van der Waals surface area contributed by atoms with E-state index in [9.17, 15) is 8.78 Å². The SMILES string of the molecule is CC1CCN(C(N)=NC2CC2c2c(F)cccc2F)CC1.I. The highest BCUT2D eigenvalue weighted by Crippen LogP contribution is 2.45. The van der Waals surface area contributed by atoms with Crippen LogP contribution in [0.1, 0.15) is 37.7 Å². The van der Waals surface area contributed by atoms with Gasteiger partial charge in [0.1, 0.15) is 11.6 Å². The summed E-state index contributed by atoms with van der Waals surface area (Å²) in [6, 6.07) is 3.90. The topological polar surface area (TPSA) is 41.6 Å². The first-order valence-corrected chi connectivity index (χ1v) is 7.58. The highest BCUT2D eigenvalue weighted by molar-refractivity contribution is 14.0. The number of nitrogens with zero attached hydrogens (tertiary/aromatic N) is 2. The van der Waals surface area contributed by atoms with Gasteiger partial charge in [-0.1, -0.05) is 13.0 Å². The molecule has 2 atom stereocenters. The predicted octanol–water partition coefficient (Wildman–Crippen LogP) is 3.49. The highest BCUT2D eigenvalue weighted by Gasteiger charge is 2.42. The maximum atomic E-state index is 13.7. The minimum absolute atomic E-state index is 0. The van der Waals surface area contributed by atoms with Crippen LogP contribution in [0.4, 0.5) is 8.78 Å². The van der Waals surface area contributed by atoms with Gasteiger partial charge in [-0.15, -0.1) is 24.0 Å². The van der Waals surface area contributed by atoms with E-state index in [0.717, 1.165) is 31.8 Å². The third-order valence-electron chi connectivity index (χ3n) is 4.53. The molecule has 0 bridgehead atoms. The van der Waals surface area contributed by atoms with Crippen LogP contribution in [0.2, 0.25) is 0 Å². The maximum absolute atomic E-state index is 13.7. The lowest BCUT2D eigenvalue weighted by Gasteiger charge is -2.31. The largest absolute Gasteiger partial charge is 0.370 e. The van der Waals surface area contributed by atoms with Gasteiger partial charge in [0, 0.05) is 24.6 Å². The van der Waals surface area contributed by atoms with Crippen molar-refractivity contribution in [1.29, 1.82) is 0 Å². The fourth-order valence-corrected chi connectivity index (χ4v) is 2.99. The van der Waals surface area contributed by atoms with Crippen LogP contribution in [0.3, 0.4) is 0 Å². The molecule has 0 aromatic heterocycles. The zero-order chi connectivity index (χ0) is 15.0. The molecule has 1 aromatic carbocycles. The van der Waals surface area contributed by atoms with E-state index in [2.05, 4.69) is 16.8 Å². The Hall–Kier alpha value is -0.920. The molecule has 122 valence electrons. The molecule has 1 aliphatic heterocycles. The zero-order valence-corrected chi connectivity index (χ0v) is 15.0. The lowest BCUT2D eigenvalue weighted by Crippen LogP contribution is -2.42. The Balaban J connectivity index is 0.00000176. The van der Waals surface area contributed by atoms with E-state index in [1.165, 1.54) is 18.2 Å². The Kier molecular flexibility index (Phi) is 5.63. The summed E-state index contributed by atoms with van der Waals surface area (Å²) >= 11 is 0. The third-order valence-corrected chi connectivity index (χ3v) is 4.53. The summed E-state index contributed by atoms with van der Waals surface area (Å²) < 4.78 is 27.4. The summed E-state index contributed by atoms with van der Waals surface area (Å²) in [5, 5.41) is 0. The van der Waals surface area contributed by atoms with Gasteiger partial charge < -0.3 is 10.6 Å². The molecule has 0 amide bonds. The zero-order valence-electron chi connectivity index (χ0n) is 12.6. The van der Waals surface area contributed by atoms with Gasteiger partial charge in [0.2, 0.25) is 0 Å². The van der Waals surface area contributed by atoms with Gasteiger partial charge in [-0.25, -0.2) is 13.8 Å². The molecule has 2 fully saturated rings. The van der Waals surface area contributed by atoms with Crippen LogP contribution in [0.5, 0.6) is 0 Å². The molecular weight excluding hydrogens is 399 g/mol. The molecule has 2 unspecified atom stereocenters. The Morgan fingerprint density at radius 2 is 1.82 bits per heavy atom. The third kappa shape index (κ3) is 3.70. The van der Waals surface area contributed by atoms with Crippen molar-refractivity contribution >= 4 is 29.9 Å². The molecule has 6 heteroatoms. The Morgan fingerprint density at radius 3 is 2.41 bits per heavy atom. The summed E-state index contributed by atoms with van der Waals surface area (Å²) in [5.74, 6) is 0.112. The molecule has 1 heterocycles. The Bertz CT molecular complexity index is 536. The number of rotatable bonds is 2. The molecule has 1 saturated carbocycles. The van der Waals surface area contributed by atoms with Gasteiger partial charge in [0.15, 0.2) is 5.96 Å². The van der Waals surface area contributed by atoms with Crippen LogP contribution in [0.15, 0.2) is 23.2 Å². The number of guanidine groups is 1. The molecule has 3 rings (SSSR count). The summed E-state index contributed by atoms with van der Waals surface area (Å²) in [4.78, 5) is 6.54. The second-order valence-corrected chi connectivity index (χ2v) is 6.20. The van der Waals surface area contributed by atoms with Crippen LogP contribution in [0, 0.1) is 17.6 Å². The average Bonchev–Trinajstić information content (AvgIpc) is 3.18. The van der Waals surface area contributed by atoms with Gasteiger partial charge >= 0.3 is 0 Å². The number of hydrogen-bond acceptors (Lipinski definition) is 1. The maximum Gasteiger partial charge on any atom is 0.191 e. The van der Waals surface area contributed by atoms with Crippen molar-refractivity contribution < 1.29 is 8.78 Å². The fourth-order valence-electron chi connectivity index (χ4n) is 2.99. The smallest absolute Gasteiger partial charge is 0.191 e. The van der Waals surface area contributed by atoms with Crippen molar-refractivity contribution in [3.63, 3.8) is 0 Å². The van der Waals surface area contributed by atoms with Crippen LogP contribution >= 0.6 is 24.0 Å². The lowest BCUT2D eigenvalue weighted by atomic mass is 10.00. The molecular formula is C16H22F2IN3. The fraction of sp³-hybridized carbons (Fsp3) is 0.562. The van der Waals surface area contributed by atoms with Crippen molar-refractivity contribution in [2.24, 2.45) is 16.6 Å². The molecule has 3 nitrogen and oxygen atoms in total. The van der Waals surface area contributed by atoms with Crippen LogP contribution < -0.4 is 5.73 Å². The number of aliphatic imine (C=N–C) groups is 1. The first kappa shape index (κ1) is 17.4. The summed E-state index contributed by atoms with van der Waals surface area (Å²) in [5.41, 5.74) is 6.20. The van der Waals surface area contributed by atoms with Gasteiger partial charge in [-0.2, -0.15) is 0 Å². The number of hydrogen-bond donors (Lipinski definition) is 1. The normalized spacial score (nSPS) is 25.8. The molecule has 2 aliphatic rings. The Labute approximate surface area is 147 Å². The van der Waals surface area contributed by atoms with E-state index < -0.39 is 11.6 Å². The quantitative estimate of drug-likeness (QED) is 0.452. The van der Waals surface area contributed by atoms with Crippen LogP contribution in [-0.2, 0) is 0 Å². The molecule has 0 radical (unpaired) electrons. The van der Waals surface area contributed by atoms with E-state index in [-0.39, 0.29) is 41.5 Å². The van der Waals surface area contributed by atoms with E-state index in [0.29, 0.717) is 12.4 Å². The molecule has 1 aliphatic carbocycles. The number of likely N-dealkylation sites (tertiary alicyclic amines) is 1. The van der Waals surface area contributed by atoms with Gasteiger partial charge in [-0.05, 0) is 37.3 Å². The van der Waals surface area contributed by atoms with Crippen molar-refractivity contribution in [3.05, 3.63) is 35.4 Å². The summed E-state index contributed by atoms with van der Waals surface area (Å²) in [6.07, 6.45) is 2.90. The summed E-state index contributed by atoms with van der Waals surface area (Å²) in [7, 11) is 0. The molecule has 0 spiro atoms. The van der Waals surface area contributed by atoms with E-state index in [1.807, 2.05) is 0 Å². The second kappa shape index (κ2) is 7.10. The molecule has 1 saturated heterocycles. The van der Waals surface area contributed by atoms with Crippen molar-refractivity contribution in [1.82, 2.24) is 4.90 Å². The van der Waals surface area contributed by atoms with Crippen LogP contribution in [-0.4, -0.2) is 30.0 Å². The minimum atomic E-state index is -0.483. The molecule has 22 heavy (non-hydrogen) atoms. The van der Waals surface area contributed by atoms with Crippen molar-refractivity contribution in [3.8, 4) is 0 Å². The average molecular weight is 421 g/mol. The van der Waals surface area contributed by atoms with Crippen molar-refractivity contribution in [2.75, 3.05) is 13.1 Å². The van der Waals surface area contributed by atoms with E-state index >= 15 is 0 Å². The second-order valence-electron chi connectivity index (χ2n) is 6.20. The standard InChI is InChI=1S/C16H21F2N3.HI/c1-10-5-7-21(8-6-10)16(19)20-14-9-11(14)15-12(17)3-2-4-13(15)18;/h2-4,10-11,14H,5-9H2,1H3,(H2,19,20);1H. The molecule has 1 aromatic rings. The highest BCUT2D eigenvalue weighted by atomic mass is 127. The van der Waals surface area contributed by atoms with Gasteiger partial charge in [0.25, 0.3) is 0 Å². The van der Waals surface area contributed by atoms with E-state index in [4.69, 9.17) is 5.73 Å². The molecule has 2 N–H and O–H groups in total. The predicted molar refractivity (Wildman–Crippen MR) is 94.5 cm³/mol. The van der Waals surface area contributed by atoms with Crippen LogP contribution in [0.25, 0.3) is 0 Å². The lowest BCUT2D eigenvalue weighted by molar-refractivity contribution is 0.277. The first-order chi connectivity index (χ1) is 10.1. The number of nitrogens with two attached hydrogens (primary N) is 1. The van der Waals surface area contributed by atoms with Crippen molar-refractivity contribution in [2.45, 2.75) is 38.1 Å².